The summed E-state index contributed by atoms with van der Waals surface area (Å²) in [6.07, 6.45) is 1.35. The topological polar surface area (TPSA) is 57.6 Å². The molecule has 1 atom stereocenters. The molecule has 2 rings (SSSR count). The van der Waals surface area contributed by atoms with Gasteiger partial charge >= 0.3 is 12.1 Å². The molecule has 1 unspecified atom stereocenters. The van der Waals surface area contributed by atoms with E-state index in [1.165, 1.54) is 6.42 Å². The molecular formula is C17H26F3NO3. The van der Waals surface area contributed by atoms with Crippen molar-refractivity contribution in [3.8, 4) is 0 Å². The lowest BCUT2D eigenvalue weighted by Crippen LogP contribution is -2.48. The summed E-state index contributed by atoms with van der Waals surface area (Å²) in [5.74, 6) is -1.81. The number of carbonyl (C=O) groups is 2. The number of nitrogens with zero attached hydrogens (tertiary/aromatic N) is 1. The number of amides is 1. The summed E-state index contributed by atoms with van der Waals surface area (Å²) in [4.78, 5) is 24.8. The second-order valence-corrected chi connectivity index (χ2v) is 7.25. The molecule has 24 heavy (non-hydrogen) atoms. The van der Waals surface area contributed by atoms with E-state index in [9.17, 15) is 22.8 Å². The summed E-state index contributed by atoms with van der Waals surface area (Å²) in [6.45, 7) is 1.26. The van der Waals surface area contributed by atoms with Gasteiger partial charge < -0.3 is 10.0 Å². The van der Waals surface area contributed by atoms with Crippen molar-refractivity contribution in [1.82, 2.24) is 4.90 Å². The van der Waals surface area contributed by atoms with E-state index < -0.39 is 30.5 Å². The van der Waals surface area contributed by atoms with Crippen LogP contribution in [0.5, 0.6) is 0 Å². The van der Waals surface area contributed by atoms with Crippen LogP contribution in [0.1, 0.15) is 58.3 Å². The summed E-state index contributed by atoms with van der Waals surface area (Å²) in [6, 6.07) is 0. The number of carbonyl (C=O) groups excluding carboxylic acids is 1. The number of likely N-dealkylation sites (tertiary alicyclic amines) is 1. The fourth-order valence-electron chi connectivity index (χ4n) is 3.97. The third-order valence-corrected chi connectivity index (χ3v) is 5.69. The molecule has 0 bridgehead atoms. The highest BCUT2D eigenvalue weighted by Crippen LogP contribution is 2.46. The molecule has 1 amide bonds. The van der Waals surface area contributed by atoms with Crippen LogP contribution in [0, 0.1) is 17.3 Å². The van der Waals surface area contributed by atoms with Crippen molar-refractivity contribution in [2.75, 3.05) is 13.1 Å². The van der Waals surface area contributed by atoms with Crippen LogP contribution >= 0.6 is 0 Å². The number of carboxylic acids is 1. The molecule has 1 N–H and O–H groups in total. The molecule has 2 aliphatic rings. The van der Waals surface area contributed by atoms with E-state index >= 15 is 0 Å². The van der Waals surface area contributed by atoms with Gasteiger partial charge in [-0.2, -0.15) is 13.2 Å². The molecule has 0 aromatic rings. The first-order valence-electron chi connectivity index (χ1n) is 8.80. The van der Waals surface area contributed by atoms with Crippen molar-refractivity contribution < 1.29 is 27.9 Å². The molecule has 138 valence electrons. The molecule has 2 fully saturated rings. The molecule has 0 radical (unpaired) electrons. The predicted octanol–water partition coefficient (Wildman–Crippen LogP) is 3.85. The minimum atomic E-state index is -4.84. The third kappa shape index (κ3) is 3.70. The van der Waals surface area contributed by atoms with E-state index in [0.29, 0.717) is 18.8 Å². The van der Waals surface area contributed by atoms with Gasteiger partial charge in [-0.1, -0.05) is 26.2 Å². The number of hydrogen-bond acceptors (Lipinski definition) is 2. The van der Waals surface area contributed by atoms with Crippen molar-refractivity contribution in [2.45, 2.75) is 64.5 Å². The van der Waals surface area contributed by atoms with E-state index in [1.807, 2.05) is 0 Å². The first-order chi connectivity index (χ1) is 11.2. The summed E-state index contributed by atoms with van der Waals surface area (Å²) in [5, 5.41) is 9.07. The van der Waals surface area contributed by atoms with Crippen molar-refractivity contribution in [2.24, 2.45) is 17.3 Å². The van der Waals surface area contributed by atoms with Gasteiger partial charge in [0.25, 0.3) is 0 Å². The minimum Gasteiger partial charge on any atom is -0.481 e. The van der Waals surface area contributed by atoms with Crippen LogP contribution in [0.25, 0.3) is 0 Å². The molecule has 0 aromatic carbocycles. The average molecular weight is 349 g/mol. The third-order valence-electron chi connectivity index (χ3n) is 5.69. The van der Waals surface area contributed by atoms with Crippen LogP contribution in [-0.2, 0) is 9.59 Å². The molecule has 1 heterocycles. The Labute approximate surface area is 140 Å². The Morgan fingerprint density at radius 1 is 1.21 bits per heavy atom. The lowest BCUT2D eigenvalue weighted by Gasteiger charge is -2.32. The summed E-state index contributed by atoms with van der Waals surface area (Å²) >= 11 is 0. The van der Waals surface area contributed by atoms with Gasteiger partial charge in [-0.25, -0.2) is 0 Å². The van der Waals surface area contributed by atoms with E-state index in [-0.39, 0.29) is 18.4 Å². The fraction of sp³-hybridized carbons (Fsp3) is 0.882. The summed E-state index contributed by atoms with van der Waals surface area (Å²) in [7, 11) is 0. The van der Waals surface area contributed by atoms with Crippen LogP contribution in [0.3, 0.4) is 0 Å². The van der Waals surface area contributed by atoms with Crippen LogP contribution < -0.4 is 0 Å². The van der Waals surface area contributed by atoms with E-state index in [0.717, 1.165) is 30.6 Å². The van der Waals surface area contributed by atoms with E-state index in [4.69, 9.17) is 5.11 Å². The number of unbranched alkanes of at least 4 members (excludes halogenated alkanes) is 1. The molecule has 1 saturated heterocycles. The molecule has 1 aliphatic heterocycles. The van der Waals surface area contributed by atoms with Crippen LogP contribution in [-0.4, -0.2) is 41.1 Å². The van der Waals surface area contributed by atoms with Crippen LogP contribution in [0.4, 0.5) is 13.2 Å². The first-order valence-corrected chi connectivity index (χ1v) is 8.80. The zero-order valence-electron chi connectivity index (χ0n) is 14.1. The van der Waals surface area contributed by atoms with E-state index in [2.05, 4.69) is 6.92 Å². The number of alkyl halides is 3. The molecular weight excluding hydrogens is 323 g/mol. The van der Waals surface area contributed by atoms with Gasteiger partial charge in [0.2, 0.25) is 5.91 Å². The zero-order chi connectivity index (χ0) is 18.0. The maximum absolute atomic E-state index is 13.2. The molecule has 0 aromatic heterocycles. The maximum Gasteiger partial charge on any atom is 0.406 e. The predicted molar refractivity (Wildman–Crippen MR) is 82.3 cm³/mol. The molecule has 1 aliphatic carbocycles. The van der Waals surface area contributed by atoms with Gasteiger partial charge in [0.1, 0.15) is 0 Å². The normalized spacial score (nSPS) is 31.2. The minimum absolute atomic E-state index is 0.125. The highest BCUT2D eigenvalue weighted by Gasteiger charge is 2.64. The summed E-state index contributed by atoms with van der Waals surface area (Å²) < 4.78 is 39.6. The van der Waals surface area contributed by atoms with Crippen LogP contribution in [0.2, 0.25) is 0 Å². The first kappa shape index (κ1) is 19.1. The van der Waals surface area contributed by atoms with Gasteiger partial charge in [-0.05, 0) is 38.0 Å². The van der Waals surface area contributed by atoms with Crippen molar-refractivity contribution in [1.29, 1.82) is 0 Å². The average Bonchev–Trinajstić information content (AvgIpc) is 2.99. The quantitative estimate of drug-likeness (QED) is 0.820. The number of halogens is 3. The Morgan fingerprint density at radius 3 is 2.29 bits per heavy atom. The van der Waals surface area contributed by atoms with Gasteiger partial charge in [-0.3, -0.25) is 9.59 Å². The molecule has 1 saturated carbocycles. The molecule has 4 nitrogen and oxygen atoms in total. The monoisotopic (exact) mass is 349 g/mol. The second kappa shape index (κ2) is 7.31. The Kier molecular flexibility index (Phi) is 5.81. The number of hydrogen-bond donors (Lipinski definition) is 1. The van der Waals surface area contributed by atoms with Gasteiger partial charge in [-0.15, -0.1) is 0 Å². The van der Waals surface area contributed by atoms with Crippen molar-refractivity contribution in [3.05, 3.63) is 0 Å². The number of aliphatic carboxylic acids is 1. The van der Waals surface area contributed by atoms with Crippen molar-refractivity contribution >= 4 is 11.9 Å². The largest absolute Gasteiger partial charge is 0.481 e. The smallest absolute Gasteiger partial charge is 0.406 e. The lowest BCUT2D eigenvalue weighted by molar-refractivity contribution is -0.227. The second-order valence-electron chi connectivity index (χ2n) is 7.25. The molecule has 0 spiro atoms. The van der Waals surface area contributed by atoms with Gasteiger partial charge in [0.05, 0.1) is 0 Å². The van der Waals surface area contributed by atoms with E-state index in [1.54, 1.807) is 0 Å². The fourth-order valence-corrected chi connectivity index (χ4v) is 3.97. The van der Waals surface area contributed by atoms with Crippen molar-refractivity contribution in [3.63, 3.8) is 0 Å². The number of rotatable bonds is 5. The molecule has 7 heteroatoms. The zero-order valence-corrected chi connectivity index (χ0v) is 14.1. The maximum atomic E-state index is 13.2. The Bertz CT molecular complexity index is 472. The SMILES string of the molecule is CCCCC1CCC(C(=O)N2CCC(C(=O)O)(C(F)(F)F)C2)CC1. The Hall–Kier alpha value is -1.27. The lowest BCUT2D eigenvalue weighted by atomic mass is 9.79. The highest BCUT2D eigenvalue weighted by atomic mass is 19.4. The number of carboxylic acid groups (broad SMARTS) is 1. The van der Waals surface area contributed by atoms with Gasteiger partial charge in [0, 0.05) is 19.0 Å². The van der Waals surface area contributed by atoms with Gasteiger partial charge in [0.15, 0.2) is 5.41 Å². The standard InChI is InChI=1S/C17H26F3NO3/c1-2-3-4-12-5-7-13(8-6-12)14(22)21-10-9-16(11-21,15(23)24)17(18,19)20/h12-13H,2-11H2,1H3,(H,23,24). The highest BCUT2D eigenvalue weighted by molar-refractivity contribution is 5.82. The summed E-state index contributed by atoms with van der Waals surface area (Å²) in [5.41, 5.74) is -2.80. The Balaban J connectivity index is 1.94. The van der Waals surface area contributed by atoms with Crippen LogP contribution in [0.15, 0.2) is 0 Å². The Morgan fingerprint density at radius 2 is 1.83 bits per heavy atom.